The first-order chi connectivity index (χ1) is 4.81. The largest absolute Gasteiger partial charge is 0.385 e. The molecule has 0 fully saturated rings. The lowest BCUT2D eigenvalue weighted by atomic mass is 10.4. The van der Waals surface area contributed by atoms with Crippen LogP contribution in [-0.2, 0) is 9.47 Å². The second-order valence-electron chi connectivity index (χ2n) is 2.08. The smallest absolute Gasteiger partial charge is 0.154 e. The summed E-state index contributed by atoms with van der Waals surface area (Å²) in [4.78, 5) is 0. The highest BCUT2D eigenvalue weighted by Crippen LogP contribution is 1.93. The molecule has 0 bridgehead atoms. The molecule has 10 heavy (non-hydrogen) atoms. The fourth-order valence-electron chi connectivity index (χ4n) is 0.540. The van der Waals surface area contributed by atoms with Gasteiger partial charge in [0.25, 0.3) is 0 Å². The molecule has 62 valence electrons. The van der Waals surface area contributed by atoms with Gasteiger partial charge in [0.2, 0.25) is 0 Å². The number of ether oxygens (including phenoxy) is 2. The summed E-state index contributed by atoms with van der Waals surface area (Å²) in [5.74, 6) is 0. The number of rotatable bonds is 6. The van der Waals surface area contributed by atoms with Gasteiger partial charge in [0.15, 0.2) is 6.29 Å². The Labute approximate surface area is 62.0 Å². The van der Waals surface area contributed by atoms with Gasteiger partial charge < -0.3 is 14.6 Å². The number of hydrogen-bond donors (Lipinski definition) is 1. The van der Waals surface area contributed by atoms with Gasteiger partial charge >= 0.3 is 0 Å². The molecule has 0 aromatic rings. The van der Waals surface area contributed by atoms with E-state index in [1.54, 1.807) is 7.11 Å². The second-order valence-corrected chi connectivity index (χ2v) is 2.08. The van der Waals surface area contributed by atoms with Crippen molar-refractivity contribution in [1.29, 1.82) is 0 Å². The topological polar surface area (TPSA) is 38.7 Å². The Kier molecular flexibility index (Phi) is 6.91. The second kappa shape index (κ2) is 6.99. The maximum Gasteiger partial charge on any atom is 0.154 e. The molecule has 0 aliphatic carbocycles. The summed E-state index contributed by atoms with van der Waals surface area (Å²) >= 11 is 0. The molecular weight excluding hydrogens is 132 g/mol. The molecule has 0 aliphatic heterocycles. The summed E-state index contributed by atoms with van der Waals surface area (Å²) in [7, 11) is 1.65. The highest BCUT2D eigenvalue weighted by molar-refractivity contribution is 4.36. The third-order valence-electron chi connectivity index (χ3n) is 1.15. The van der Waals surface area contributed by atoms with E-state index in [0.29, 0.717) is 19.6 Å². The fraction of sp³-hybridized carbons (Fsp3) is 1.00. The molecule has 0 aromatic heterocycles. The molecule has 0 saturated carbocycles. The lowest BCUT2D eigenvalue weighted by Crippen LogP contribution is -2.11. The van der Waals surface area contributed by atoms with Gasteiger partial charge in [-0.15, -0.1) is 0 Å². The van der Waals surface area contributed by atoms with E-state index in [1.807, 2.05) is 6.92 Å². The minimum atomic E-state index is -0.600. The zero-order chi connectivity index (χ0) is 7.82. The van der Waals surface area contributed by atoms with Crippen molar-refractivity contribution in [2.75, 3.05) is 20.3 Å². The molecule has 0 aliphatic rings. The van der Waals surface area contributed by atoms with Gasteiger partial charge in [-0.2, -0.15) is 0 Å². The molecule has 0 spiro atoms. The average Bonchev–Trinajstić information content (AvgIpc) is 1.98. The molecule has 0 unspecified atom stereocenters. The molecule has 3 nitrogen and oxygen atoms in total. The predicted molar refractivity (Wildman–Crippen MR) is 38.7 cm³/mol. The average molecular weight is 148 g/mol. The lowest BCUT2D eigenvalue weighted by molar-refractivity contribution is -0.103. The zero-order valence-electron chi connectivity index (χ0n) is 6.67. The van der Waals surface area contributed by atoms with Gasteiger partial charge in [0.1, 0.15) is 0 Å². The van der Waals surface area contributed by atoms with Crippen LogP contribution in [0.5, 0.6) is 0 Å². The van der Waals surface area contributed by atoms with E-state index >= 15 is 0 Å². The van der Waals surface area contributed by atoms with Crippen LogP contribution in [0, 0.1) is 0 Å². The van der Waals surface area contributed by atoms with Crippen molar-refractivity contribution in [3.05, 3.63) is 0 Å². The van der Waals surface area contributed by atoms with Crippen molar-refractivity contribution in [1.82, 2.24) is 0 Å². The third-order valence-corrected chi connectivity index (χ3v) is 1.15. The van der Waals surface area contributed by atoms with Crippen LogP contribution < -0.4 is 0 Å². The Morgan fingerprint density at radius 1 is 1.40 bits per heavy atom. The Morgan fingerprint density at radius 3 is 2.60 bits per heavy atom. The highest BCUT2D eigenvalue weighted by Gasteiger charge is 1.97. The molecule has 0 radical (unpaired) electrons. The van der Waals surface area contributed by atoms with Crippen molar-refractivity contribution in [3.8, 4) is 0 Å². The fourth-order valence-corrected chi connectivity index (χ4v) is 0.540. The van der Waals surface area contributed by atoms with Crippen molar-refractivity contribution in [3.63, 3.8) is 0 Å². The third kappa shape index (κ3) is 6.01. The molecule has 1 atom stereocenters. The lowest BCUT2D eigenvalue weighted by Gasteiger charge is -2.08. The van der Waals surface area contributed by atoms with E-state index in [1.165, 1.54) is 0 Å². The first-order valence-electron chi connectivity index (χ1n) is 3.59. The van der Waals surface area contributed by atoms with E-state index < -0.39 is 6.29 Å². The Bertz CT molecular complexity index is 65.9. The number of aliphatic hydroxyl groups is 1. The van der Waals surface area contributed by atoms with Crippen molar-refractivity contribution < 1.29 is 14.6 Å². The maximum absolute atomic E-state index is 8.89. The summed E-state index contributed by atoms with van der Waals surface area (Å²) in [6.45, 7) is 3.14. The summed E-state index contributed by atoms with van der Waals surface area (Å²) in [6, 6.07) is 0. The molecule has 0 saturated heterocycles. The van der Waals surface area contributed by atoms with Gasteiger partial charge in [-0.05, 0) is 12.8 Å². The monoisotopic (exact) mass is 148 g/mol. The SMILES string of the molecule is CC[C@@H](O)OCCCOC. The van der Waals surface area contributed by atoms with Crippen molar-refractivity contribution in [2.24, 2.45) is 0 Å². The molecule has 1 N–H and O–H groups in total. The number of aliphatic hydroxyl groups excluding tert-OH is 1. The van der Waals surface area contributed by atoms with E-state index in [2.05, 4.69) is 0 Å². The van der Waals surface area contributed by atoms with Crippen LogP contribution in [0.4, 0.5) is 0 Å². The maximum atomic E-state index is 8.89. The van der Waals surface area contributed by atoms with Crippen LogP contribution in [-0.4, -0.2) is 31.7 Å². The normalized spacial score (nSPS) is 13.5. The van der Waals surface area contributed by atoms with Crippen molar-refractivity contribution >= 4 is 0 Å². The Hall–Kier alpha value is -0.120. The number of hydrogen-bond acceptors (Lipinski definition) is 3. The van der Waals surface area contributed by atoms with E-state index in [4.69, 9.17) is 14.6 Å². The minimum Gasteiger partial charge on any atom is -0.385 e. The van der Waals surface area contributed by atoms with Crippen LogP contribution in [0.1, 0.15) is 19.8 Å². The summed E-state index contributed by atoms with van der Waals surface area (Å²) in [5, 5.41) is 8.89. The summed E-state index contributed by atoms with van der Waals surface area (Å²) in [5.41, 5.74) is 0. The Balaban J connectivity index is 2.89. The zero-order valence-corrected chi connectivity index (χ0v) is 6.67. The van der Waals surface area contributed by atoms with Gasteiger partial charge in [-0.1, -0.05) is 6.92 Å². The van der Waals surface area contributed by atoms with Gasteiger partial charge in [-0.3, -0.25) is 0 Å². The van der Waals surface area contributed by atoms with Crippen LogP contribution in [0.25, 0.3) is 0 Å². The van der Waals surface area contributed by atoms with E-state index in [0.717, 1.165) is 6.42 Å². The summed E-state index contributed by atoms with van der Waals surface area (Å²) in [6.07, 6.45) is 0.887. The minimum absolute atomic E-state index is 0.572. The standard InChI is InChI=1S/C7H16O3/c1-3-7(8)10-6-4-5-9-2/h7-8H,3-6H2,1-2H3/t7-/m0/s1. The van der Waals surface area contributed by atoms with E-state index in [9.17, 15) is 0 Å². The van der Waals surface area contributed by atoms with Gasteiger partial charge in [0, 0.05) is 13.7 Å². The number of methoxy groups -OCH3 is 1. The van der Waals surface area contributed by atoms with Crippen LogP contribution in [0.15, 0.2) is 0 Å². The van der Waals surface area contributed by atoms with Crippen LogP contribution in [0.2, 0.25) is 0 Å². The molecule has 0 heterocycles. The quantitative estimate of drug-likeness (QED) is 0.446. The van der Waals surface area contributed by atoms with Gasteiger partial charge in [-0.25, -0.2) is 0 Å². The Morgan fingerprint density at radius 2 is 2.10 bits per heavy atom. The molecular formula is C7H16O3. The molecule has 0 amide bonds. The molecule has 0 rings (SSSR count). The van der Waals surface area contributed by atoms with Gasteiger partial charge in [0.05, 0.1) is 6.61 Å². The molecule has 0 aromatic carbocycles. The van der Waals surface area contributed by atoms with Crippen LogP contribution in [0.3, 0.4) is 0 Å². The first kappa shape index (κ1) is 9.88. The molecule has 3 heteroatoms. The van der Waals surface area contributed by atoms with Crippen molar-refractivity contribution in [2.45, 2.75) is 26.1 Å². The van der Waals surface area contributed by atoms with Crippen LogP contribution >= 0.6 is 0 Å². The summed E-state index contributed by atoms with van der Waals surface area (Å²) < 4.78 is 9.76. The van der Waals surface area contributed by atoms with E-state index in [-0.39, 0.29) is 0 Å². The predicted octanol–water partition coefficient (Wildman–Crippen LogP) is 0.768. The first-order valence-corrected chi connectivity index (χ1v) is 3.59. The highest BCUT2D eigenvalue weighted by atomic mass is 16.6.